The number of carbonyl (C=O) groups is 1. The van der Waals surface area contributed by atoms with Gasteiger partial charge in [-0.05, 0) is 57.9 Å². The van der Waals surface area contributed by atoms with Gasteiger partial charge in [0.15, 0.2) is 0 Å². The minimum absolute atomic E-state index is 0.267. The molecule has 4 rings (SSSR count). The molecular weight excluding hydrogens is 399 g/mol. The van der Waals surface area contributed by atoms with Gasteiger partial charge >= 0.3 is 6.09 Å². The number of amides is 1. The van der Waals surface area contributed by atoms with E-state index in [1.807, 2.05) is 26.8 Å². The maximum absolute atomic E-state index is 13.8. The van der Waals surface area contributed by atoms with Crippen LogP contribution in [0.3, 0.4) is 0 Å². The predicted molar refractivity (Wildman–Crippen MR) is 116 cm³/mol. The van der Waals surface area contributed by atoms with Crippen LogP contribution >= 0.6 is 0 Å². The molecule has 1 aliphatic rings. The topological polar surface area (TPSA) is 80.3 Å². The summed E-state index contributed by atoms with van der Waals surface area (Å²) in [7, 11) is 1.54. The van der Waals surface area contributed by atoms with Crippen molar-refractivity contribution in [3.8, 4) is 17.0 Å². The Hall–Kier alpha value is -3.16. The van der Waals surface area contributed by atoms with Crippen molar-refractivity contribution in [1.82, 2.24) is 19.9 Å². The van der Waals surface area contributed by atoms with Crippen LogP contribution in [0.4, 0.5) is 9.18 Å². The SMILES string of the molecule is COc1ccc(F)nc1-c1ccnc2[nH]c(C3CCN(C(=O)OC(C)(C)C)CC3)cc12. The number of fused-ring (bicyclic) bond motifs is 1. The number of likely N-dealkylation sites (tertiary alicyclic amines) is 1. The Kier molecular flexibility index (Phi) is 5.56. The second kappa shape index (κ2) is 8.17. The Bertz CT molecular complexity index is 1100. The molecule has 0 spiro atoms. The largest absolute Gasteiger partial charge is 0.494 e. The lowest BCUT2D eigenvalue weighted by atomic mass is 9.93. The zero-order valence-corrected chi connectivity index (χ0v) is 18.2. The van der Waals surface area contributed by atoms with E-state index in [4.69, 9.17) is 9.47 Å². The summed E-state index contributed by atoms with van der Waals surface area (Å²) in [5, 5.41) is 0.864. The number of piperidine rings is 1. The number of rotatable bonds is 3. The minimum atomic E-state index is -0.564. The van der Waals surface area contributed by atoms with E-state index in [1.54, 1.807) is 17.2 Å². The van der Waals surface area contributed by atoms with E-state index in [9.17, 15) is 9.18 Å². The maximum atomic E-state index is 13.8. The quantitative estimate of drug-likeness (QED) is 0.604. The molecule has 1 saturated heterocycles. The lowest BCUT2D eigenvalue weighted by molar-refractivity contribution is 0.0204. The number of ether oxygens (including phenoxy) is 2. The van der Waals surface area contributed by atoms with Gasteiger partial charge in [0.05, 0.1) is 7.11 Å². The Morgan fingerprint density at radius 1 is 1.23 bits per heavy atom. The molecule has 0 atom stereocenters. The molecule has 1 amide bonds. The molecule has 8 heteroatoms. The summed E-state index contributed by atoms with van der Waals surface area (Å²) in [5.41, 5.74) is 2.47. The van der Waals surface area contributed by atoms with Crippen molar-refractivity contribution < 1.29 is 18.7 Å². The highest BCUT2D eigenvalue weighted by atomic mass is 19.1. The molecule has 4 heterocycles. The van der Waals surface area contributed by atoms with Gasteiger partial charge in [0.2, 0.25) is 5.95 Å². The molecule has 0 radical (unpaired) electrons. The minimum Gasteiger partial charge on any atom is -0.494 e. The second-order valence-electron chi connectivity index (χ2n) is 8.77. The molecule has 0 saturated carbocycles. The van der Waals surface area contributed by atoms with E-state index in [0.29, 0.717) is 24.5 Å². The lowest BCUT2D eigenvalue weighted by Gasteiger charge is -2.33. The van der Waals surface area contributed by atoms with Gasteiger partial charge < -0.3 is 19.4 Å². The molecular formula is C23H27FN4O3. The highest BCUT2D eigenvalue weighted by molar-refractivity contribution is 5.94. The molecule has 0 aliphatic carbocycles. The van der Waals surface area contributed by atoms with Gasteiger partial charge in [-0.2, -0.15) is 4.39 Å². The van der Waals surface area contributed by atoms with Crippen molar-refractivity contribution in [3.63, 3.8) is 0 Å². The van der Waals surface area contributed by atoms with Crippen LogP contribution < -0.4 is 4.74 Å². The third-order valence-electron chi connectivity index (χ3n) is 5.44. The molecule has 164 valence electrons. The van der Waals surface area contributed by atoms with E-state index < -0.39 is 11.5 Å². The fourth-order valence-electron chi connectivity index (χ4n) is 3.95. The molecule has 31 heavy (non-hydrogen) atoms. The lowest BCUT2D eigenvalue weighted by Crippen LogP contribution is -2.41. The maximum Gasteiger partial charge on any atom is 0.410 e. The molecule has 1 fully saturated rings. The number of pyridine rings is 2. The summed E-state index contributed by atoms with van der Waals surface area (Å²) < 4.78 is 24.7. The van der Waals surface area contributed by atoms with E-state index in [0.717, 1.165) is 35.1 Å². The fourth-order valence-corrected chi connectivity index (χ4v) is 3.95. The number of hydrogen-bond donors (Lipinski definition) is 1. The van der Waals surface area contributed by atoms with Crippen LogP contribution in [-0.4, -0.2) is 51.7 Å². The van der Waals surface area contributed by atoms with Gasteiger partial charge in [-0.3, -0.25) is 0 Å². The smallest absolute Gasteiger partial charge is 0.410 e. The van der Waals surface area contributed by atoms with Crippen molar-refractivity contribution in [2.75, 3.05) is 20.2 Å². The summed E-state index contributed by atoms with van der Waals surface area (Å²) >= 11 is 0. The average Bonchev–Trinajstić information content (AvgIpc) is 3.17. The van der Waals surface area contributed by atoms with Crippen LogP contribution in [0.2, 0.25) is 0 Å². The Morgan fingerprint density at radius 2 is 1.97 bits per heavy atom. The first kappa shape index (κ1) is 21.1. The van der Waals surface area contributed by atoms with Gasteiger partial charge in [0.25, 0.3) is 0 Å². The van der Waals surface area contributed by atoms with Crippen LogP contribution in [0.15, 0.2) is 30.5 Å². The Labute approximate surface area is 180 Å². The number of halogens is 1. The average molecular weight is 426 g/mol. The second-order valence-corrected chi connectivity index (χ2v) is 8.77. The van der Waals surface area contributed by atoms with Gasteiger partial charge in [-0.25, -0.2) is 14.8 Å². The molecule has 3 aromatic rings. The molecule has 1 N–H and O–H groups in total. The number of H-pyrrole nitrogens is 1. The van der Waals surface area contributed by atoms with Crippen LogP contribution in [-0.2, 0) is 4.74 Å². The first-order valence-electron chi connectivity index (χ1n) is 10.4. The summed E-state index contributed by atoms with van der Waals surface area (Å²) in [5.74, 6) is 0.205. The number of nitrogens with one attached hydrogen (secondary N) is 1. The van der Waals surface area contributed by atoms with Crippen LogP contribution in [0, 0.1) is 5.95 Å². The summed E-state index contributed by atoms with van der Waals surface area (Å²) in [6.45, 7) is 6.88. The standard InChI is InChI=1S/C23H27FN4O3/c1-23(2,3)31-22(29)28-11-8-14(9-12-28)17-13-16-15(7-10-25-21(16)26-17)20-18(30-4)5-6-19(24)27-20/h5-7,10,13-14H,8-9,11-12H2,1-4H3,(H,25,26). The van der Waals surface area contributed by atoms with Crippen molar-refractivity contribution in [2.45, 2.75) is 45.1 Å². The zero-order chi connectivity index (χ0) is 22.2. The summed E-state index contributed by atoms with van der Waals surface area (Å²) in [4.78, 5) is 26.0. The number of aromatic nitrogens is 3. The van der Waals surface area contributed by atoms with E-state index in [2.05, 4.69) is 21.0 Å². The Balaban J connectivity index is 1.57. The van der Waals surface area contributed by atoms with E-state index >= 15 is 0 Å². The van der Waals surface area contributed by atoms with Gasteiger partial charge in [-0.15, -0.1) is 0 Å². The Morgan fingerprint density at radius 3 is 2.65 bits per heavy atom. The summed E-state index contributed by atoms with van der Waals surface area (Å²) in [6, 6.07) is 6.72. The van der Waals surface area contributed by atoms with Gasteiger partial charge in [0.1, 0.15) is 22.7 Å². The number of aromatic amines is 1. The van der Waals surface area contributed by atoms with Crippen molar-refractivity contribution in [3.05, 3.63) is 42.1 Å². The third kappa shape index (κ3) is 4.47. The van der Waals surface area contributed by atoms with Crippen molar-refractivity contribution >= 4 is 17.1 Å². The number of nitrogens with zero attached hydrogens (tertiary/aromatic N) is 3. The normalized spacial score (nSPS) is 15.3. The van der Waals surface area contributed by atoms with E-state index in [-0.39, 0.29) is 12.0 Å². The number of carbonyl (C=O) groups excluding carboxylic acids is 1. The molecule has 0 unspecified atom stereocenters. The number of hydrogen-bond acceptors (Lipinski definition) is 5. The van der Waals surface area contributed by atoms with Gasteiger partial charge in [0, 0.05) is 41.8 Å². The predicted octanol–water partition coefficient (Wildman–Crippen LogP) is 4.89. The van der Waals surface area contributed by atoms with Crippen LogP contribution in [0.1, 0.15) is 45.2 Å². The molecule has 0 bridgehead atoms. The monoisotopic (exact) mass is 426 g/mol. The highest BCUT2D eigenvalue weighted by Crippen LogP contribution is 2.36. The third-order valence-corrected chi connectivity index (χ3v) is 5.44. The first-order valence-corrected chi connectivity index (χ1v) is 10.4. The van der Waals surface area contributed by atoms with E-state index in [1.165, 1.54) is 13.2 Å². The van der Waals surface area contributed by atoms with Crippen molar-refractivity contribution in [1.29, 1.82) is 0 Å². The first-order chi connectivity index (χ1) is 14.7. The summed E-state index contributed by atoms with van der Waals surface area (Å²) in [6.07, 6.45) is 3.05. The zero-order valence-electron chi connectivity index (χ0n) is 18.2. The van der Waals surface area contributed by atoms with Crippen molar-refractivity contribution in [2.24, 2.45) is 0 Å². The molecule has 3 aromatic heterocycles. The molecule has 0 aromatic carbocycles. The van der Waals surface area contributed by atoms with Crippen LogP contribution in [0.5, 0.6) is 5.75 Å². The highest BCUT2D eigenvalue weighted by Gasteiger charge is 2.28. The fraction of sp³-hybridized carbons (Fsp3) is 0.435. The number of methoxy groups -OCH3 is 1. The molecule has 1 aliphatic heterocycles. The molecule has 7 nitrogen and oxygen atoms in total. The van der Waals surface area contributed by atoms with Gasteiger partial charge in [-0.1, -0.05) is 0 Å². The van der Waals surface area contributed by atoms with Crippen LogP contribution in [0.25, 0.3) is 22.3 Å².